The number of nitrogens with two attached hydrogens (primary N) is 1. The zero-order chi connectivity index (χ0) is 20.9. The highest BCUT2D eigenvalue weighted by atomic mass is 32.2. The molecule has 29 heavy (non-hydrogen) atoms. The zero-order valence-corrected chi connectivity index (χ0v) is 17.4. The molecule has 2 amide bonds. The smallest absolute Gasteiger partial charge is 0.238 e. The van der Waals surface area contributed by atoms with E-state index in [4.69, 9.17) is 5.14 Å². The van der Waals surface area contributed by atoms with Gasteiger partial charge in [-0.2, -0.15) is 0 Å². The Morgan fingerprint density at radius 3 is 2.62 bits per heavy atom. The number of rotatable bonds is 7. The first-order valence-electron chi connectivity index (χ1n) is 9.22. The molecule has 0 saturated heterocycles. The van der Waals surface area contributed by atoms with Crippen LogP contribution in [-0.2, 0) is 32.5 Å². The van der Waals surface area contributed by atoms with E-state index < -0.39 is 10.0 Å². The Balaban J connectivity index is 1.42. The molecule has 0 spiro atoms. The molecule has 1 aliphatic rings. The van der Waals surface area contributed by atoms with Gasteiger partial charge in [0.05, 0.1) is 15.9 Å². The summed E-state index contributed by atoms with van der Waals surface area (Å²) in [6.45, 7) is 0.427. The van der Waals surface area contributed by atoms with Crippen molar-refractivity contribution in [3.05, 3.63) is 59.7 Å². The Kier molecular flexibility index (Phi) is 6.94. The maximum atomic E-state index is 12.4. The van der Waals surface area contributed by atoms with Gasteiger partial charge in [0.25, 0.3) is 0 Å². The molecule has 7 nitrogen and oxygen atoms in total. The first-order chi connectivity index (χ1) is 13.8. The van der Waals surface area contributed by atoms with Crippen molar-refractivity contribution in [2.24, 2.45) is 5.14 Å². The summed E-state index contributed by atoms with van der Waals surface area (Å²) in [5.41, 5.74) is 2.85. The summed E-state index contributed by atoms with van der Waals surface area (Å²) in [5, 5.41) is 10.6. The number of aryl methyl sites for hydroxylation is 1. The topological polar surface area (TPSA) is 118 Å². The fourth-order valence-corrected chi connectivity index (χ4v) is 4.53. The lowest BCUT2D eigenvalue weighted by Gasteiger charge is -2.13. The van der Waals surface area contributed by atoms with Crippen molar-refractivity contribution in [1.29, 1.82) is 0 Å². The molecular weight excluding hydrogens is 410 g/mol. The third-order valence-corrected chi connectivity index (χ3v) is 6.86. The van der Waals surface area contributed by atoms with E-state index in [1.807, 2.05) is 24.3 Å². The molecule has 0 aliphatic carbocycles. The Bertz CT molecular complexity index is 991. The van der Waals surface area contributed by atoms with Crippen LogP contribution in [0.4, 0.5) is 5.69 Å². The van der Waals surface area contributed by atoms with E-state index >= 15 is 0 Å². The number of benzene rings is 2. The number of sulfonamides is 1. The Morgan fingerprint density at radius 1 is 1.17 bits per heavy atom. The molecule has 3 rings (SSSR count). The SMILES string of the molecule is NS(=O)(=O)c1ccc(CCNC(=O)CSC2CCc3ccccc3NC2=O)cc1. The van der Waals surface area contributed by atoms with Crippen molar-refractivity contribution >= 4 is 39.3 Å². The van der Waals surface area contributed by atoms with Crippen LogP contribution in [0.5, 0.6) is 0 Å². The second-order valence-corrected chi connectivity index (χ2v) is 9.53. The van der Waals surface area contributed by atoms with Crippen LogP contribution in [0, 0.1) is 0 Å². The van der Waals surface area contributed by atoms with Crippen molar-refractivity contribution in [3.63, 3.8) is 0 Å². The average molecular weight is 434 g/mol. The Morgan fingerprint density at radius 2 is 1.90 bits per heavy atom. The van der Waals surface area contributed by atoms with E-state index in [1.165, 1.54) is 23.9 Å². The number of nitrogens with one attached hydrogen (secondary N) is 2. The van der Waals surface area contributed by atoms with Crippen molar-refractivity contribution in [2.75, 3.05) is 17.6 Å². The Hall–Kier alpha value is -2.36. The van der Waals surface area contributed by atoms with Gasteiger partial charge in [-0.25, -0.2) is 13.6 Å². The van der Waals surface area contributed by atoms with Crippen LogP contribution in [0.1, 0.15) is 17.5 Å². The van der Waals surface area contributed by atoms with E-state index in [9.17, 15) is 18.0 Å². The fraction of sp³-hybridized carbons (Fsp3) is 0.300. The summed E-state index contributed by atoms with van der Waals surface area (Å²) in [7, 11) is -3.70. The monoisotopic (exact) mass is 433 g/mol. The second-order valence-electron chi connectivity index (χ2n) is 6.77. The number of primary sulfonamides is 1. The van der Waals surface area contributed by atoms with Gasteiger partial charge in [0.2, 0.25) is 21.8 Å². The lowest BCUT2D eigenvalue weighted by molar-refractivity contribution is -0.118. The van der Waals surface area contributed by atoms with E-state index in [1.54, 1.807) is 12.1 Å². The summed E-state index contributed by atoms with van der Waals surface area (Å²) in [6.07, 6.45) is 2.06. The highest BCUT2D eigenvalue weighted by Gasteiger charge is 2.24. The third-order valence-electron chi connectivity index (χ3n) is 4.65. The maximum Gasteiger partial charge on any atom is 0.238 e. The number of fused-ring (bicyclic) bond motifs is 1. The van der Waals surface area contributed by atoms with Crippen molar-refractivity contribution in [2.45, 2.75) is 29.4 Å². The zero-order valence-electron chi connectivity index (χ0n) is 15.8. The molecule has 0 saturated carbocycles. The van der Waals surface area contributed by atoms with E-state index in [0.29, 0.717) is 19.4 Å². The standard InChI is InChI=1S/C20H23N3O4S2/c21-29(26,27)16-8-5-14(6-9-16)11-12-22-19(24)13-28-18-10-7-15-3-1-2-4-17(15)23-20(18)25/h1-6,8-9,18H,7,10-13H2,(H,22,24)(H,23,25)(H2,21,26,27). The molecule has 0 fully saturated rings. The molecule has 154 valence electrons. The number of carbonyl (C=O) groups is 2. The van der Waals surface area contributed by atoms with Gasteiger partial charge in [0, 0.05) is 12.2 Å². The van der Waals surface area contributed by atoms with Gasteiger partial charge >= 0.3 is 0 Å². The third kappa shape index (κ3) is 6.06. The van der Waals surface area contributed by atoms with Crippen LogP contribution >= 0.6 is 11.8 Å². The molecule has 9 heteroatoms. The number of hydrogen-bond donors (Lipinski definition) is 3. The van der Waals surface area contributed by atoms with Gasteiger partial charge < -0.3 is 10.6 Å². The minimum atomic E-state index is -3.70. The van der Waals surface area contributed by atoms with Crippen LogP contribution in [0.25, 0.3) is 0 Å². The van der Waals surface area contributed by atoms with Crippen LogP contribution in [0.2, 0.25) is 0 Å². The first-order valence-corrected chi connectivity index (χ1v) is 11.8. The lowest BCUT2D eigenvalue weighted by atomic mass is 10.1. The van der Waals surface area contributed by atoms with Crippen molar-refractivity contribution in [1.82, 2.24) is 5.32 Å². The molecule has 0 bridgehead atoms. The fourth-order valence-electron chi connectivity index (χ4n) is 3.07. The average Bonchev–Trinajstić information content (AvgIpc) is 2.84. The highest BCUT2D eigenvalue weighted by molar-refractivity contribution is 8.01. The molecule has 1 aliphatic heterocycles. The number of carbonyl (C=O) groups excluding carboxylic acids is 2. The summed E-state index contributed by atoms with van der Waals surface area (Å²) in [5.74, 6) is 0.00659. The predicted octanol–water partition coefficient (Wildman–Crippen LogP) is 1.68. The highest BCUT2D eigenvalue weighted by Crippen LogP contribution is 2.26. The minimum Gasteiger partial charge on any atom is -0.355 e. The largest absolute Gasteiger partial charge is 0.355 e. The van der Waals surface area contributed by atoms with Gasteiger partial charge in [-0.15, -0.1) is 11.8 Å². The Labute approximate surface area is 174 Å². The lowest BCUT2D eigenvalue weighted by Crippen LogP contribution is -2.30. The summed E-state index contributed by atoms with van der Waals surface area (Å²) < 4.78 is 22.5. The summed E-state index contributed by atoms with van der Waals surface area (Å²) in [4.78, 5) is 24.5. The van der Waals surface area contributed by atoms with Crippen molar-refractivity contribution in [3.8, 4) is 0 Å². The van der Waals surface area contributed by atoms with Gasteiger partial charge in [0.1, 0.15) is 0 Å². The number of para-hydroxylation sites is 1. The predicted molar refractivity (Wildman–Crippen MR) is 114 cm³/mol. The van der Waals surface area contributed by atoms with Crippen LogP contribution in [-0.4, -0.2) is 37.8 Å². The van der Waals surface area contributed by atoms with Crippen molar-refractivity contribution < 1.29 is 18.0 Å². The normalized spacial score (nSPS) is 16.4. The first kappa shape index (κ1) is 21.4. The maximum absolute atomic E-state index is 12.4. The minimum absolute atomic E-state index is 0.0607. The molecule has 0 aromatic heterocycles. The van der Waals surface area contributed by atoms with Crippen LogP contribution in [0.3, 0.4) is 0 Å². The molecule has 2 aromatic rings. The second kappa shape index (κ2) is 9.43. The van der Waals surface area contributed by atoms with Gasteiger partial charge in [-0.05, 0) is 48.6 Å². The molecule has 0 radical (unpaired) electrons. The number of anilines is 1. The molecule has 1 unspecified atom stereocenters. The molecule has 4 N–H and O–H groups in total. The number of thioether (sulfide) groups is 1. The summed E-state index contributed by atoms with van der Waals surface area (Å²) >= 11 is 1.34. The van der Waals surface area contributed by atoms with Gasteiger partial charge in [0.15, 0.2) is 0 Å². The molecule has 1 atom stereocenters. The summed E-state index contributed by atoms with van der Waals surface area (Å²) in [6, 6.07) is 14.0. The van der Waals surface area contributed by atoms with E-state index in [2.05, 4.69) is 10.6 Å². The number of hydrogen-bond acceptors (Lipinski definition) is 5. The van der Waals surface area contributed by atoms with Gasteiger partial charge in [-0.1, -0.05) is 30.3 Å². The van der Waals surface area contributed by atoms with Gasteiger partial charge in [-0.3, -0.25) is 9.59 Å². The van der Waals surface area contributed by atoms with Crippen LogP contribution in [0.15, 0.2) is 53.4 Å². The molecular formula is C20H23N3O4S2. The molecule has 1 heterocycles. The van der Waals surface area contributed by atoms with Crippen LogP contribution < -0.4 is 15.8 Å². The van der Waals surface area contributed by atoms with E-state index in [0.717, 1.165) is 23.2 Å². The quantitative estimate of drug-likeness (QED) is 0.614. The number of amides is 2. The molecule has 2 aromatic carbocycles. The van der Waals surface area contributed by atoms with E-state index in [-0.39, 0.29) is 27.7 Å².